The molecule has 0 aliphatic carbocycles. The van der Waals surface area contributed by atoms with Crippen molar-refractivity contribution in [3.63, 3.8) is 0 Å². The van der Waals surface area contributed by atoms with Crippen molar-refractivity contribution in [3.05, 3.63) is 59.4 Å². The lowest BCUT2D eigenvalue weighted by atomic mass is 10.1. The molecule has 1 aromatic carbocycles. The second-order valence-electron chi connectivity index (χ2n) is 7.02. The van der Waals surface area contributed by atoms with Crippen molar-refractivity contribution >= 4 is 23.2 Å². The Bertz CT molecular complexity index is 992. The Kier molecular flexibility index (Phi) is 5.71. The molecule has 7 nitrogen and oxygen atoms in total. The summed E-state index contributed by atoms with van der Waals surface area (Å²) in [5.41, 5.74) is 1.70. The van der Waals surface area contributed by atoms with Gasteiger partial charge in [0.1, 0.15) is 5.01 Å². The maximum absolute atomic E-state index is 13.1. The molecule has 1 atom stereocenters. The highest BCUT2D eigenvalue weighted by molar-refractivity contribution is 7.13. The van der Waals surface area contributed by atoms with Crippen molar-refractivity contribution in [1.82, 2.24) is 19.7 Å². The number of aromatic nitrogens is 3. The minimum Gasteiger partial charge on any atom is -0.443 e. The largest absolute Gasteiger partial charge is 0.443 e. The summed E-state index contributed by atoms with van der Waals surface area (Å²) >= 11 is 1.34. The van der Waals surface area contributed by atoms with Crippen LogP contribution in [0.25, 0.3) is 10.6 Å². The first-order valence-corrected chi connectivity index (χ1v) is 10.5. The van der Waals surface area contributed by atoms with E-state index in [1.54, 1.807) is 21.2 Å². The zero-order chi connectivity index (χ0) is 20.2. The van der Waals surface area contributed by atoms with Crippen LogP contribution in [-0.2, 0) is 16.6 Å². The Hall–Kier alpha value is -3.00. The van der Waals surface area contributed by atoms with E-state index in [9.17, 15) is 9.59 Å². The fraction of sp³-hybridized carbons (Fsp3) is 0.333. The summed E-state index contributed by atoms with van der Waals surface area (Å²) in [5, 5.41) is 6.46. The molecule has 29 heavy (non-hydrogen) atoms. The molecule has 8 heteroatoms. The van der Waals surface area contributed by atoms with E-state index in [-0.39, 0.29) is 11.6 Å². The van der Waals surface area contributed by atoms with E-state index < -0.39 is 12.1 Å². The third kappa shape index (κ3) is 4.37. The van der Waals surface area contributed by atoms with E-state index >= 15 is 0 Å². The van der Waals surface area contributed by atoms with Crippen molar-refractivity contribution in [2.75, 3.05) is 13.1 Å². The van der Waals surface area contributed by atoms with Gasteiger partial charge in [-0.15, -0.1) is 11.3 Å². The summed E-state index contributed by atoms with van der Waals surface area (Å²) in [6.45, 7) is 1.39. The standard InChI is InChI=1S/C21H22N4O3S/c1-24-13-16(12-22-24)19-23-17(14-29-19)21(27)28-18(15-8-4-2-5-9-15)20(26)25-10-6-3-7-11-25/h2,4-5,8-9,12-14,18H,3,6-7,10-11H2,1H3. The van der Waals surface area contributed by atoms with Gasteiger partial charge in [0.15, 0.2) is 5.69 Å². The molecule has 1 aliphatic rings. The molecule has 3 aromatic rings. The first kappa shape index (κ1) is 19.3. The predicted molar refractivity (Wildman–Crippen MR) is 109 cm³/mol. The molecule has 0 radical (unpaired) electrons. The fourth-order valence-electron chi connectivity index (χ4n) is 3.37. The molecule has 1 unspecified atom stereocenters. The third-order valence-corrected chi connectivity index (χ3v) is 5.78. The smallest absolute Gasteiger partial charge is 0.358 e. The quantitative estimate of drug-likeness (QED) is 0.602. The zero-order valence-electron chi connectivity index (χ0n) is 16.2. The van der Waals surface area contributed by atoms with E-state index in [1.165, 1.54) is 11.3 Å². The minimum atomic E-state index is -0.967. The van der Waals surface area contributed by atoms with Gasteiger partial charge >= 0.3 is 5.97 Å². The monoisotopic (exact) mass is 410 g/mol. The van der Waals surface area contributed by atoms with Crippen LogP contribution in [-0.4, -0.2) is 44.6 Å². The lowest BCUT2D eigenvalue weighted by molar-refractivity contribution is -0.142. The third-order valence-electron chi connectivity index (χ3n) is 4.88. The van der Waals surface area contributed by atoms with Crippen LogP contribution < -0.4 is 0 Å². The molecule has 1 fully saturated rings. The fourth-order valence-corrected chi connectivity index (χ4v) is 4.13. The van der Waals surface area contributed by atoms with Gasteiger partial charge in [-0.2, -0.15) is 5.10 Å². The van der Waals surface area contributed by atoms with Crippen molar-refractivity contribution in [2.45, 2.75) is 25.4 Å². The van der Waals surface area contributed by atoms with Crippen molar-refractivity contribution in [1.29, 1.82) is 0 Å². The summed E-state index contributed by atoms with van der Waals surface area (Å²) < 4.78 is 7.36. The number of amides is 1. The molecule has 1 amide bonds. The number of thiazole rings is 1. The highest BCUT2D eigenvalue weighted by Gasteiger charge is 2.31. The summed E-state index contributed by atoms with van der Waals surface area (Å²) in [6, 6.07) is 9.16. The number of nitrogens with zero attached hydrogens (tertiary/aromatic N) is 4. The number of hydrogen-bond donors (Lipinski definition) is 0. The van der Waals surface area contributed by atoms with Gasteiger partial charge < -0.3 is 9.64 Å². The average Bonchev–Trinajstić information content (AvgIpc) is 3.42. The lowest BCUT2D eigenvalue weighted by Crippen LogP contribution is -2.40. The summed E-state index contributed by atoms with van der Waals surface area (Å²) in [6.07, 6.45) is 5.63. The number of aryl methyl sites for hydroxylation is 1. The Labute approximate surface area is 172 Å². The first-order valence-electron chi connectivity index (χ1n) is 9.61. The summed E-state index contributed by atoms with van der Waals surface area (Å²) in [7, 11) is 1.82. The van der Waals surface area contributed by atoms with Crippen molar-refractivity contribution in [2.24, 2.45) is 7.05 Å². The van der Waals surface area contributed by atoms with Gasteiger partial charge in [-0.3, -0.25) is 9.48 Å². The molecule has 1 saturated heterocycles. The van der Waals surface area contributed by atoms with Gasteiger partial charge in [-0.05, 0) is 19.3 Å². The average molecular weight is 410 g/mol. The van der Waals surface area contributed by atoms with Gasteiger partial charge in [0.2, 0.25) is 6.10 Å². The summed E-state index contributed by atoms with van der Waals surface area (Å²) in [4.78, 5) is 32.1. The van der Waals surface area contributed by atoms with Crippen LogP contribution in [0.5, 0.6) is 0 Å². The molecule has 2 aromatic heterocycles. The number of carbonyl (C=O) groups is 2. The molecule has 3 heterocycles. The molecule has 0 spiro atoms. The minimum absolute atomic E-state index is 0.174. The normalized spacial score (nSPS) is 15.1. The Morgan fingerprint density at radius 1 is 1.14 bits per heavy atom. The molecule has 0 bridgehead atoms. The molecule has 1 aliphatic heterocycles. The van der Waals surface area contributed by atoms with Crippen molar-refractivity contribution < 1.29 is 14.3 Å². The predicted octanol–water partition coefficient (Wildman–Crippen LogP) is 3.45. The molecule has 0 N–H and O–H groups in total. The maximum atomic E-state index is 13.1. The van der Waals surface area contributed by atoms with Gasteiger partial charge in [-0.25, -0.2) is 9.78 Å². The van der Waals surface area contributed by atoms with Gasteiger partial charge in [0.05, 0.1) is 6.20 Å². The topological polar surface area (TPSA) is 77.3 Å². The van der Waals surface area contributed by atoms with Gasteiger partial charge in [0, 0.05) is 42.8 Å². The number of piperidine rings is 1. The molecular weight excluding hydrogens is 388 g/mol. The van der Waals surface area contributed by atoms with E-state index in [0.29, 0.717) is 23.7 Å². The van der Waals surface area contributed by atoms with Gasteiger partial charge in [-0.1, -0.05) is 30.3 Å². The molecule has 4 rings (SSSR count). The highest BCUT2D eigenvalue weighted by atomic mass is 32.1. The van der Waals surface area contributed by atoms with Crippen LogP contribution in [0.3, 0.4) is 0 Å². The lowest BCUT2D eigenvalue weighted by Gasteiger charge is -2.30. The molecule has 150 valence electrons. The number of likely N-dealkylation sites (tertiary alicyclic amines) is 1. The van der Waals surface area contributed by atoms with Crippen LogP contribution in [0.1, 0.15) is 41.4 Å². The number of hydrogen-bond acceptors (Lipinski definition) is 6. The number of rotatable bonds is 5. The first-order chi connectivity index (χ1) is 14.1. The van der Waals surface area contributed by atoms with Crippen LogP contribution in [0.15, 0.2) is 48.1 Å². The highest BCUT2D eigenvalue weighted by Crippen LogP contribution is 2.27. The van der Waals surface area contributed by atoms with Crippen LogP contribution in [0, 0.1) is 0 Å². The number of ether oxygens (including phenoxy) is 1. The Morgan fingerprint density at radius 3 is 2.59 bits per heavy atom. The van der Waals surface area contributed by atoms with E-state index in [0.717, 1.165) is 24.8 Å². The SMILES string of the molecule is Cn1cc(-c2nc(C(=O)OC(C(=O)N3CCCCC3)c3ccccc3)cs2)cn1. The van der Waals surface area contributed by atoms with Crippen molar-refractivity contribution in [3.8, 4) is 10.6 Å². The van der Waals surface area contributed by atoms with E-state index in [1.807, 2.05) is 43.6 Å². The van der Waals surface area contributed by atoms with Crippen LogP contribution >= 0.6 is 11.3 Å². The van der Waals surface area contributed by atoms with E-state index in [2.05, 4.69) is 10.1 Å². The maximum Gasteiger partial charge on any atom is 0.358 e. The van der Waals surface area contributed by atoms with Crippen LogP contribution in [0.2, 0.25) is 0 Å². The second kappa shape index (κ2) is 8.57. The zero-order valence-corrected chi connectivity index (χ0v) is 17.0. The van der Waals surface area contributed by atoms with Crippen LogP contribution in [0.4, 0.5) is 0 Å². The molecular formula is C21H22N4O3S. The van der Waals surface area contributed by atoms with Gasteiger partial charge in [0.25, 0.3) is 5.91 Å². The van der Waals surface area contributed by atoms with E-state index in [4.69, 9.17) is 4.74 Å². The number of esters is 1. The number of carbonyl (C=O) groups excluding carboxylic acids is 2. The second-order valence-corrected chi connectivity index (χ2v) is 7.88. The Balaban J connectivity index is 1.55. The molecule has 0 saturated carbocycles. The summed E-state index contributed by atoms with van der Waals surface area (Å²) in [5.74, 6) is -0.775. The number of benzene rings is 1. The Morgan fingerprint density at radius 2 is 1.90 bits per heavy atom.